The Morgan fingerprint density at radius 3 is 1.79 bits per heavy atom. The van der Waals surface area contributed by atoms with Crippen molar-refractivity contribution in [3.05, 3.63) is 58.6 Å². The van der Waals surface area contributed by atoms with Crippen LogP contribution in [0.3, 0.4) is 0 Å². The standard InChI is InChI=1S/C7H5Cl3S.C6H5ClS/c8-5-3-1-2-4-6(5)11-7(9)10;7-5-3-1-2-4-6(5)8/h1-4,7H;1-4,8H. The summed E-state index contributed by atoms with van der Waals surface area (Å²) in [5.74, 6) is 0. The largest absolute Gasteiger partial charge is 0.157 e. The van der Waals surface area contributed by atoms with Crippen molar-refractivity contribution < 1.29 is 0 Å². The van der Waals surface area contributed by atoms with E-state index in [1.807, 2.05) is 42.5 Å². The van der Waals surface area contributed by atoms with E-state index >= 15 is 0 Å². The van der Waals surface area contributed by atoms with Crippen molar-refractivity contribution in [1.29, 1.82) is 0 Å². The minimum atomic E-state index is -0.463. The van der Waals surface area contributed by atoms with Gasteiger partial charge in [-0.15, -0.1) is 12.6 Å². The van der Waals surface area contributed by atoms with Crippen molar-refractivity contribution in [3.63, 3.8) is 0 Å². The van der Waals surface area contributed by atoms with E-state index < -0.39 is 4.17 Å². The molecule has 0 saturated heterocycles. The van der Waals surface area contributed by atoms with E-state index in [-0.39, 0.29) is 0 Å². The van der Waals surface area contributed by atoms with Gasteiger partial charge in [-0.05, 0) is 24.3 Å². The summed E-state index contributed by atoms with van der Waals surface area (Å²) in [6.07, 6.45) is 0. The third kappa shape index (κ3) is 7.03. The number of halogens is 4. The molecule has 0 atom stereocenters. The van der Waals surface area contributed by atoms with E-state index in [1.165, 1.54) is 11.8 Å². The fraction of sp³-hybridized carbons (Fsp3) is 0.0769. The second-order valence-electron chi connectivity index (χ2n) is 3.26. The predicted molar refractivity (Wildman–Crippen MR) is 91.5 cm³/mol. The maximum Gasteiger partial charge on any atom is 0.157 e. The average molecular weight is 372 g/mol. The van der Waals surface area contributed by atoms with Gasteiger partial charge in [-0.2, -0.15) is 0 Å². The zero-order valence-corrected chi connectivity index (χ0v) is 14.3. The first-order valence-corrected chi connectivity index (χ1v) is 8.09. The lowest BCUT2D eigenvalue weighted by atomic mass is 10.4. The van der Waals surface area contributed by atoms with Crippen LogP contribution < -0.4 is 0 Å². The second-order valence-corrected chi connectivity index (χ2v) is 7.32. The van der Waals surface area contributed by atoms with Crippen molar-refractivity contribution in [1.82, 2.24) is 0 Å². The van der Waals surface area contributed by atoms with Crippen LogP contribution in [0.25, 0.3) is 0 Å². The monoisotopic (exact) mass is 370 g/mol. The fourth-order valence-corrected chi connectivity index (χ4v) is 2.76. The highest BCUT2D eigenvalue weighted by atomic mass is 35.5. The Labute approximate surface area is 142 Å². The van der Waals surface area contributed by atoms with Crippen molar-refractivity contribution in [2.45, 2.75) is 14.0 Å². The highest BCUT2D eigenvalue weighted by Gasteiger charge is 2.04. The van der Waals surface area contributed by atoms with Crippen LogP contribution in [0.5, 0.6) is 0 Å². The minimum Gasteiger partial charge on any atom is -0.142 e. The summed E-state index contributed by atoms with van der Waals surface area (Å²) in [5.41, 5.74) is 0. The Kier molecular flexibility index (Phi) is 8.47. The molecule has 0 radical (unpaired) electrons. The molecule has 0 spiro atoms. The van der Waals surface area contributed by atoms with Gasteiger partial charge in [-0.25, -0.2) is 0 Å². The molecule has 0 aliphatic carbocycles. The molecule has 0 aliphatic rings. The summed E-state index contributed by atoms with van der Waals surface area (Å²) in [4.78, 5) is 1.73. The first kappa shape index (κ1) is 17.4. The van der Waals surface area contributed by atoms with Gasteiger partial charge < -0.3 is 0 Å². The zero-order chi connectivity index (χ0) is 14.3. The number of thiol groups is 1. The predicted octanol–water partition coefficient (Wildman–Crippen LogP) is 6.82. The smallest absolute Gasteiger partial charge is 0.142 e. The molecule has 6 heteroatoms. The molecule has 19 heavy (non-hydrogen) atoms. The number of hydrogen-bond acceptors (Lipinski definition) is 2. The van der Waals surface area contributed by atoms with Gasteiger partial charge in [0.05, 0.1) is 10.0 Å². The van der Waals surface area contributed by atoms with Crippen LogP contribution in [0, 0.1) is 0 Å². The van der Waals surface area contributed by atoms with E-state index in [0.717, 1.165) is 9.79 Å². The number of rotatable bonds is 2. The first-order chi connectivity index (χ1) is 9.00. The molecular formula is C13H10Cl4S2. The molecule has 0 bridgehead atoms. The van der Waals surface area contributed by atoms with E-state index in [4.69, 9.17) is 46.4 Å². The molecule has 0 saturated carbocycles. The molecule has 0 N–H and O–H groups in total. The summed E-state index contributed by atoms with van der Waals surface area (Å²) in [6.45, 7) is 0. The summed E-state index contributed by atoms with van der Waals surface area (Å²) in [7, 11) is 0. The molecule has 0 heterocycles. The van der Waals surface area contributed by atoms with Crippen LogP contribution in [-0.2, 0) is 0 Å². The van der Waals surface area contributed by atoms with Gasteiger partial charge in [0.25, 0.3) is 0 Å². The minimum absolute atomic E-state index is 0.463. The van der Waals surface area contributed by atoms with E-state index in [9.17, 15) is 0 Å². The molecule has 2 aromatic rings. The topological polar surface area (TPSA) is 0 Å². The number of benzene rings is 2. The Bertz CT molecular complexity index is 497. The Balaban J connectivity index is 0.000000200. The van der Waals surface area contributed by atoms with Gasteiger partial charge in [0.2, 0.25) is 0 Å². The zero-order valence-electron chi connectivity index (χ0n) is 9.56. The normalized spacial score (nSPS) is 10.0. The van der Waals surface area contributed by atoms with Crippen LogP contribution in [-0.4, -0.2) is 4.17 Å². The van der Waals surface area contributed by atoms with Crippen LogP contribution in [0.2, 0.25) is 10.0 Å². The van der Waals surface area contributed by atoms with Crippen molar-refractivity contribution in [2.24, 2.45) is 0 Å². The molecular weight excluding hydrogens is 362 g/mol. The van der Waals surface area contributed by atoms with Gasteiger partial charge in [0.15, 0.2) is 4.17 Å². The van der Waals surface area contributed by atoms with Gasteiger partial charge in [0, 0.05) is 9.79 Å². The average Bonchev–Trinajstić information content (AvgIpc) is 2.36. The van der Waals surface area contributed by atoms with Gasteiger partial charge in [-0.3, -0.25) is 0 Å². The van der Waals surface area contributed by atoms with E-state index in [0.29, 0.717) is 10.0 Å². The molecule has 0 amide bonds. The number of thioether (sulfide) groups is 1. The Morgan fingerprint density at radius 2 is 1.37 bits per heavy atom. The molecule has 0 aromatic heterocycles. The number of alkyl halides is 2. The lowest BCUT2D eigenvalue weighted by molar-refractivity contribution is 1.46. The first-order valence-electron chi connectivity index (χ1n) is 5.13. The summed E-state index contributed by atoms with van der Waals surface area (Å²) < 4.78 is -0.463. The maximum absolute atomic E-state index is 5.83. The molecule has 2 aromatic carbocycles. The Morgan fingerprint density at radius 1 is 0.842 bits per heavy atom. The van der Waals surface area contributed by atoms with Crippen LogP contribution >= 0.6 is 70.8 Å². The van der Waals surface area contributed by atoms with Gasteiger partial charge in [0.1, 0.15) is 0 Å². The van der Waals surface area contributed by atoms with Crippen LogP contribution in [0.4, 0.5) is 0 Å². The lowest BCUT2D eigenvalue weighted by Crippen LogP contribution is -1.78. The summed E-state index contributed by atoms with van der Waals surface area (Å²) in [6, 6.07) is 14.9. The third-order valence-corrected chi connectivity index (χ3v) is 4.52. The highest BCUT2D eigenvalue weighted by Crippen LogP contribution is 2.33. The third-order valence-electron chi connectivity index (χ3n) is 1.91. The quantitative estimate of drug-likeness (QED) is 0.343. The second kappa shape index (κ2) is 9.28. The van der Waals surface area contributed by atoms with Gasteiger partial charge >= 0.3 is 0 Å². The fourth-order valence-electron chi connectivity index (χ4n) is 1.09. The van der Waals surface area contributed by atoms with E-state index in [1.54, 1.807) is 6.07 Å². The highest BCUT2D eigenvalue weighted by molar-refractivity contribution is 8.02. The molecule has 0 nitrogen and oxygen atoms in total. The molecule has 0 fully saturated rings. The molecule has 0 unspecified atom stereocenters. The van der Waals surface area contributed by atoms with Crippen molar-refractivity contribution in [2.75, 3.05) is 0 Å². The number of hydrogen-bond donors (Lipinski definition) is 1. The van der Waals surface area contributed by atoms with Crippen molar-refractivity contribution in [3.8, 4) is 0 Å². The van der Waals surface area contributed by atoms with E-state index in [2.05, 4.69) is 12.6 Å². The molecule has 2 rings (SSSR count). The van der Waals surface area contributed by atoms with Crippen LogP contribution in [0.15, 0.2) is 58.3 Å². The SMILES string of the molecule is Clc1ccccc1SC(Cl)Cl.Sc1ccccc1Cl. The molecule has 0 aliphatic heterocycles. The summed E-state index contributed by atoms with van der Waals surface area (Å²) in [5, 5.41) is 1.39. The van der Waals surface area contributed by atoms with Gasteiger partial charge in [-0.1, -0.05) is 82.4 Å². The Hall–Kier alpha value is 0.300. The molecule has 102 valence electrons. The lowest BCUT2D eigenvalue weighted by Gasteiger charge is -2.02. The van der Waals surface area contributed by atoms with Crippen molar-refractivity contribution >= 4 is 70.8 Å². The summed E-state index contributed by atoms with van der Waals surface area (Å²) >= 11 is 28.0. The maximum atomic E-state index is 5.83. The van der Waals surface area contributed by atoms with Crippen LogP contribution in [0.1, 0.15) is 0 Å².